The van der Waals surface area contributed by atoms with Gasteiger partial charge in [0.15, 0.2) is 0 Å². The van der Waals surface area contributed by atoms with Crippen molar-refractivity contribution in [2.75, 3.05) is 0 Å². The molecule has 0 amide bonds. The monoisotopic (exact) mass is 233 g/mol. The molecule has 2 rings (SSSR count). The van der Waals surface area contributed by atoms with Crippen LogP contribution in [-0.2, 0) is 9.84 Å². The van der Waals surface area contributed by atoms with E-state index in [1.807, 2.05) is 13.0 Å². The van der Waals surface area contributed by atoms with Gasteiger partial charge >= 0.3 is 0 Å². The number of hydrogen-bond donors (Lipinski definition) is 0. The summed E-state index contributed by atoms with van der Waals surface area (Å²) in [6, 6.07) is 10.0. The number of rotatable bonds is 2. The Morgan fingerprint density at radius 2 is 1.81 bits per heavy atom. The van der Waals surface area contributed by atoms with Crippen LogP contribution >= 0.6 is 0 Å². The van der Waals surface area contributed by atoms with Gasteiger partial charge < -0.3 is 0 Å². The summed E-state index contributed by atoms with van der Waals surface area (Å²) in [5.41, 5.74) is 0.921. The molecule has 0 atom stereocenters. The molecule has 0 radical (unpaired) electrons. The maximum atomic E-state index is 12.1. The van der Waals surface area contributed by atoms with Crippen molar-refractivity contribution in [1.82, 2.24) is 4.98 Å². The van der Waals surface area contributed by atoms with Crippen LogP contribution < -0.4 is 0 Å². The number of aryl methyl sites for hydroxylation is 1. The van der Waals surface area contributed by atoms with Gasteiger partial charge in [-0.2, -0.15) is 0 Å². The maximum Gasteiger partial charge on any atom is 0.208 e. The molecule has 1 aromatic carbocycles. The number of benzene rings is 1. The lowest BCUT2D eigenvalue weighted by Crippen LogP contribution is -2.02. The molecule has 82 valence electrons. The molecule has 0 saturated carbocycles. The van der Waals surface area contributed by atoms with Crippen LogP contribution in [0.25, 0.3) is 0 Å². The first kappa shape index (κ1) is 10.8. The number of nitrogens with zero attached hydrogens (tertiary/aromatic N) is 1. The van der Waals surface area contributed by atoms with E-state index in [4.69, 9.17) is 0 Å². The molecule has 3 nitrogen and oxygen atoms in total. The number of sulfone groups is 1. The molecular formula is C12H11NO2S. The normalized spacial score (nSPS) is 11.3. The van der Waals surface area contributed by atoms with Crippen LogP contribution in [-0.4, -0.2) is 13.4 Å². The van der Waals surface area contributed by atoms with E-state index in [9.17, 15) is 8.42 Å². The summed E-state index contributed by atoms with van der Waals surface area (Å²) >= 11 is 0. The molecular weight excluding hydrogens is 222 g/mol. The van der Waals surface area contributed by atoms with E-state index in [1.54, 1.807) is 36.5 Å². The average Bonchev–Trinajstić information content (AvgIpc) is 2.30. The largest absolute Gasteiger partial charge is 0.263 e. The van der Waals surface area contributed by atoms with Crippen molar-refractivity contribution in [3.8, 4) is 0 Å². The predicted octanol–water partition coefficient (Wildman–Crippen LogP) is 2.22. The molecule has 0 saturated heterocycles. The van der Waals surface area contributed by atoms with Gasteiger partial charge in [-0.15, -0.1) is 0 Å². The van der Waals surface area contributed by atoms with E-state index >= 15 is 0 Å². The lowest BCUT2D eigenvalue weighted by molar-refractivity contribution is 0.595. The molecule has 4 heteroatoms. The SMILES string of the molecule is Cc1cccc(S(=O)(=O)c2cccnc2)c1. The fourth-order valence-electron chi connectivity index (χ4n) is 1.42. The van der Waals surface area contributed by atoms with E-state index in [1.165, 1.54) is 6.20 Å². The summed E-state index contributed by atoms with van der Waals surface area (Å²) < 4.78 is 24.3. The second kappa shape index (κ2) is 4.06. The van der Waals surface area contributed by atoms with E-state index in [0.717, 1.165) is 5.56 Å². The third-order valence-electron chi connectivity index (χ3n) is 2.24. The van der Waals surface area contributed by atoms with Crippen LogP contribution in [0.2, 0.25) is 0 Å². The van der Waals surface area contributed by atoms with Gasteiger partial charge in [0.1, 0.15) is 0 Å². The second-order valence-corrected chi connectivity index (χ2v) is 5.46. The summed E-state index contributed by atoms with van der Waals surface area (Å²) in [5, 5.41) is 0. The first-order valence-electron chi connectivity index (χ1n) is 4.82. The molecule has 0 unspecified atom stereocenters. The Hall–Kier alpha value is -1.68. The molecule has 0 bridgehead atoms. The zero-order chi connectivity index (χ0) is 11.6. The first-order valence-corrected chi connectivity index (χ1v) is 6.31. The second-order valence-electron chi connectivity index (χ2n) is 3.51. The van der Waals surface area contributed by atoms with Crippen LogP contribution in [0.3, 0.4) is 0 Å². The molecule has 0 N–H and O–H groups in total. The minimum absolute atomic E-state index is 0.223. The van der Waals surface area contributed by atoms with Gasteiger partial charge in [-0.25, -0.2) is 8.42 Å². The van der Waals surface area contributed by atoms with Crippen molar-refractivity contribution >= 4 is 9.84 Å². The Labute approximate surface area is 94.7 Å². The zero-order valence-electron chi connectivity index (χ0n) is 8.79. The Kier molecular flexibility index (Phi) is 2.75. The van der Waals surface area contributed by atoms with Gasteiger partial charge in [-0.1, -0.05) is 12.1 Å². The van der Waals surface area contributed by atoms with Gasteiger partial charge in [0.05, 0.1) is 9.79 Å². The molecule has 0 aliphatic carbocycles. The summed E-state index contributed by atoms with van der Waals surface area (Å²) in [7, 11) is -3.42. The third-order valence-corrected chi connectivity index (χ3v) is 3.98. The van der Waals surface area contributed by atoms with Crippen molar-refractivity contribution in [2.24, 2.45) is 0 Å². The highest BCUT2D eigenvalue weighted by molar-refractivity contribution is 7.91. The Bertz CT molecular complexity index is 591. The smallest absolute Gasteiger partial charge is 0.208 e. The Balaban J connectivity index is 2.56. The van der Waals surface area contributed by atoms with Gasteiger partial charge in [0.25, 0.3) is 0 Å². The van der Waals surface area contributed by atoms with Crippen LogP contribution in [0.5, 0.6) is 0 Å². The van der Waals surface area contributed by atoms with Crippen molar-refractivity contribution < 1.29 is 8.42 Å². The highest BCUT2D eigenvalue weighted by atomic mass is 32.2. The zero-order valence-corrected chi connectivity index (χ0v) is 9.61. The van der Waals surface area contributed by atoms with Crippen molar-refractivity contribution in [1.29, 1.82) is 0 Å². The molecule has 1 aromatic heterocycles. The average molecular weight is 233 g/mol. The highest BCUT2D eigenvalue weighted by Crippen LogP contribution is 2.20. The van der Waals surface area contributed by atoms with E-state index < -0.39 is 9.84 Å². The standard InChI is InChI=1S/C12H11NO2S/c1-10-4-2-5-11(8-10)16(14,15)12-6-3-7-13-9-12/h2-9H,1H3. The van der Waals surface area contributed by atoms with Crippen LogP contribution in [0.15, 0.2) is 58.6 Å². The fraction of sp³-hybridized carbons (Fsp3) is 0.0833. The number of pyridine rings is 1. The Morgan fingerprint density at radius 3 is 2.44 bits per heavy atom. The van der Waals surface area contributed by atoms with Gasteiger partial charge in [0.2, 0.25) is 9.84 Å². The summed E-state index contributed by atoms with van der Waals surface area (Å²) in [6.45, 7) is 1.86. The molecule has 0 fully saturated rings. The van der Waals surface area contributed by atoms with E-state index in [2.05, 4.69) is 4.98 Å². The van der Waals surface area contributed by atoms with Gasteiger partial charge in [-0.05, 0) is 36.8 Å². The van der Waals surface area contributed by atoms with Gasteiger partial charge in [0, 0.05) is 12.4 Å². The van der Waals surface area contributed by atoms with Crippen LogP contribution in [0, 0.1) is 6.92 Å². The fourth-order valence-corrected chi connectivity index (χ4v) is 2.75. The minimum Gasteiger partial charge on any atom is -0.263 e. The highest BCUT2D eigenvalue weighted by Gasteiger charge is 2.17. The van der Waals surface area contributed by atoms with Crippen LogP contribution in [0.4, 0.5) is 0 Å². The third kappa shape index (κ3) is 1.97. The maximum absolute atomic E-state index is 12.1. The lowest BCUT2D eigenvalue weighted by Gasteiger charge is -2.04. The van der Waals surface area contributed by atoms with Crippen LogP contribution in [0.1, 0.15) is 5.56 Å². The summed E-state index contributed by atoms with van der Waals surface area (Å²) in [4.78, 5) is 4.35. The molecule has 16 heavy (non-hydrogen) atoms. The first-order chi connectivity index (χ1) is 7.60. The Morgan fingerprint density at radius 1 is 1.06 bits per heavy atom. The molecule has 2 aromatic rings. The van der Waals surface area contributed by atoms with E-state index in [0.29, 0.717) is 4.90 Å². The van der Waals surface area contributed by atoms with Crippen molar-refractivity contribution in [2.45, 2.75) is 16.7 Å². The molecule has 0 aliphatic rings. The van der Waals surface area contributed by atoms with Crippen molar-refractivity contribution in [3.05, 3.63) is 54.4 Å². The minimum atomic E-state index is -3.42. The number of hydrogen-bond acceptors (Lipinski definition) is 3. The van der Waals surface area contributed by atoms with E-state index in [-0.39, 0.29) is 4.90 Å². The number of aromatic nitrogens is 1. The molecule has 0 spiro atoms. The lowest BCUT2D eigenvalue weighted by atomic mass is 10.2. The summed E-state index contributed by atoms with van der Waals surface area (Å²) in [6.07, 6.45) is 2.91. The van der Waals surface area contributed by atoms with Crippen molar-refractivity contribution in [3.63, 3.8) is 0 Å². The van der Waals surface area contributed by atoms with Gasteiger partial charge in [-0.3, -0.25) is 4.98 Å². The molecule has 0 aliphatic heterocycles. The molecule has 1 heterocycles. The summed E-state index contributed by atoms with van der Waals surface area (Å²) in [5.74, 6) is 0. The predicted molar refractivity (Wildman–Crippen MR) is 60.9 cm³/mol. The topological polar surface area (TPSA) is 47.0 Å². The quantitative estimate of drug-likeness (QED) is 0.799.